The van der Waals surface area contributed by atoms with Crippen molar-refractivity contribution in [3.8, 4) is 0 Å². The van der Waals surface area contributed by atoms with Crippen LogP contribution in [0.4, 0.5) is 0 Å². The van der Waals surface area contributed by atoms with E-state index in [1.165, 1.54) is 24.1 Å². The first-order chi connectivity index (χ1) is 10.3. The van der Waals surface area contributed by atoms with E-state index in [4.69, 9.17) is 0 Å². The Hall–Kier alpha value is -1.65. The molecule has 112 valence electrons. The monoisotopic (exact) mass is 284 g/mol. The number of nitrogens with zero attached hydrogens (tertiary/aromatic N) is 3. The summed E-state index contributed by atoms with van der Waals surface area (Å²) in [5.41, 5.74) is 2.65. The van der Waals surface area contributed by atoms with E-state index in [9.17, 15) is 0 Å². The Morgan fingerprint density at radius 3 is 2.71 bits per heavy atom. The smallest absolute Gasteiger partial charge is 0.0951 e. The molecule has 1 saturated carbocycles. The summed E-state index contributed by atoms with van der Waals surface area (Å²) in [5.74, 6) is 0. The molecule has 0 radical (unpaired) electrons. The summed E-state index contributed by atoms with van der Waals surface area (Å²) in [4.78, 5) is 6.55. The lowest BCUT2D eigenvalue weighted by atomic mass is 10.1. The van der Waals surface area contributed by atoms with E-state index in [-0.39, 0.29) is 0 Å². The van der Waals surface area contributed by atoms with Gasteiger partial charge in [-0.15, -0.1) is 0 Å². The SMILES string of the molecule is CN(C)C(CNCc1cncn1C1CC1)c1ccccc1. The molecule has 1 aliphatic carbocycles. The Balaban J connectivity index is 1.58. The maximum absolute atomic E-state index is 4.29. The molecule has 21 heavy (non-hydrogen) atoms. The van der Waals surface area contributed by atoms with Crippen molar-refractivity contribution >= 4 is 0 Å². The molecule has 1 fully saturated rings. The molecule has 1 aromatic carbocycles. The second kappa shape index (κ2) is 6.41. The quantitative estimate of drug-likeness (QED) is 0.848. The maximum Gasteiger partial charge on any atom is 0.0951 e. The zero-order valence-corrected chi connectivity index (χ0v) is 12.9. The van der Waals surface area contributed by atoms with Gasteiger partial charge in [-0.2, -0.15) is 0 Å². The van der Waals surface area contributed by atoms with Gasteiger partial charge in [-0.05, 0) is 32.5 Å². The van der Waals surface area contributed by atoms with Crippen molar-refractivity contribution in [2.24, 2.45) is 0 Å². The van der Waals surface area contributed by atoms with Crippen LogP contribution in [0, 0.1) is 0 Å². The largest absolute Gasteiger partial charge is 0.330 e. The van der Waals surface area contributed by atoms with Crippen molar-refractivity contribution in [1.82, 2.24) is 19.8 Å². The highest BCUT2D eigenvalue weighted by Crippen LogP contribution is 2.35. The summed E-state index contributed by atoms with van der Waals surface area (Å²) in [6.45, 7) is 1.82. The van der Waals surface area contributed by atoms with Gasteiger partial charge in [0.2, 0.25) is 0 Å². The zero-order valence-electron chi connectivity index (χ0n) is 12.9. The summed E-state index contributed by atoms with van der Waals surface area (Å²) in [5, 5.41) is 3.59. The molecule has 1 aliphatic rings. The van der Waals surface area contributed by atoms with Crippen molar-refractivity contribution < 1.29 is 0 Å². The van der Waals surface area contributed by atoms with Crippen LogP contribution < -0.4 is 5.32 Å². The van der Waals surface area contributed by atoms with E-state index in [2.05, 4.69) is 64.2 Å². The first-order valence-corrected chi connectivity index (χ1v) is 7.68. The van der Waals surface area contributed by atoms with Crippen molar-refractivity contribution in [1.29, 1.82) is 0 Å². The van der Waals surface area contributed by atoms with Gasteiger partial charge in [0.05, 0.1) is 12.0 Å². The van der Waals surface area contributed by atoms with Crippen LogP contribution >= 0.6 is 0 Å². The molecular weight excluding hydrogens is 260 g/mol. The van der Waals surface area contributed by atoms with Crippen molar-refractivity contribution in [3.63, 3.8) is 0 Å². The first kappa shape index (κ1) is 14.3. The topological polar surface area (TPSA) is 33.1 Å². The predicted octanol–water partition coefficient (Wildman–Crippen LogP) is 2.61. The van der Waals surface area contributed by atoms with Gasteiger partial charge >= 0.3 is 0 Å². The fourth-order valence-electron chi connectivity index (χ4n) is 2.76. The number of benzene rings is 1. The first-order valence-electron chi connectivity index (χ1n) is 7.68. The van der Waals surface area contributed by atoms with Crippen LogP contribution in [-0.2, 0) is 6.54 Å². The summed E-state index contributed by atoms with van der Waals surface area (Å²) in [7, 11) is 4.27. The summed E-state index contributed by atoms with van der Waals surface area (Å²) < 4.78 is 2.32. The molecule has 0 aliphatic heterocycles. The Morgan fingerprint density at radius 2 is 2.05 bits per heavy atom. The molecule has 0 amide bonds. The molecule has 1 aromatic heterocycles. The van der Waals surface area contributed by atoms with E-state index in [1.807, 2.05) is 12.5 Å². The highest BCUT2D eigenvalue weighted by molar-refractivity contribution is 5.19. The Bertz CT molecular complexity index is 557. The second-order valence-corrected chi connectivity index (χ2v) is 6.04. The highest BCUT2D eigenvalue weighted by atomic mass is 15.1. The minimum absolute atomic E-state index is 0.392. The van der Waals surface area contributed by atoms with Gasteiger partial charge in [0.1, 0.15) is 0 Å². The van der Waals surface area contributed by atoms with E-state index in [1.54, 1.807) is 0 Å². The van der Waals surface area contributed by atoms with Gasteiger partial charge in [0.15, 0.2) is 0 Å². The molecular formula is C17H24N4. The highest BCUT2D eigenvalue weighted by Gasteiger charge is 2.25. The van der Waals surface area contributed by atoms with Gasteiger partial charge in [-0.25, -0.2) is 4.98 Å². The molecule has 2 aromatic rings. The molecule has 0 saturated heterocycles. The summed E-state index contributed by atoms with van der Waals surface area (Å²) in [6, 6.07) is 11.8. The predicted molar refractivity (Wildman–Crippen MR) is 85.1 cm³/mol. The van der Waals surface area contributed by atoms with Crippen LogP contribution in [0.2, 0.25) is 0 Å². The van der Waals surface area contributed by atoms with Crippen molar-refractivity contribution in [2.75, 3.05) is 20.6 Å². The molecule has 4 nitrogen and oxygen atoms in total. The molecule has 0 bridgehead atoms. The Labute approximate surface area is 126 Å². The third-order valence-corrected chi connectivity index (χ3v) is 4.14. The van der Waals surface area contributed by atoms with Crippen LogP contribution in [0.15, 0.2) is 42.9 Å². The lowest BCUT2D eigenvalue weighted by Crippen LogP contribution is -2.31. The lowest BCUT2D eigenvalue weighted by molar-refractivity contribution is 0.287. The number of nitrogens with one attached hydrogen (secondary N) is 1. The van der Waals surface area contributed by atoms with Crippen LogP contribution in [0.25, 0.3) is 0 Å². The van der Waals surface area contributed by atoms with Crippen LogP contribution in [0.1, 0.15) is 36.2 Å². The second-order valence-electron chi connectivity index (χ2n) is 6.04. The number of imidazole rings is 1. The van der Waals surface area contributed by atoms with E-state index in [0.29, 0.717) is 12.1 Å². The molecule has 1 atom stereocenters. The van der Waals surface area contributed by atoms with Gasteiger partial charge < -0.3 is 14.8 Å². The molecule has 1 heterocycles. The van der Waals surface area contributed by atoms with Gasteiger partial charge in [-0.3, -0.25) is 0 Å². The third kappa shape index (κ3) is 3.52. The molecule has 0 spiro atoms. The average Bonchev–Trinajstić information content (AvgIpc) is 3.23. The van der Waals surface area contributed by atoms with Crippen LogP contribution in [0.3, 0.4) is 0 Å². The minimum Gasteiger partial charge on any atom is -0.330 e. The van der Waals surface area contributed by atoms with Crippen molar-refractivity contribution in [3.05, 3.63) is 54.1 Å². The minimum atomic E-state index is 0.392. The maximum atomic E-state index is 4.29. The number of hydrogen-bond donors (Lipinski definition) is 1. The standard InChI is InChI=1S/C17H24N4/c1-20(2)17(14-6-4-3-5-7-14)12-18-10-16-11-19-13-21(16)15-8-9-15/h3-7,11,13,15,17-18H,8-10,12H2,1-2H3. The van der Waals surface area contributed by atoms with Gasteiger partial charge in [0, 0.05) is 31.4 Å². The molecule has 1 unspecified atom stereocenters. The van der Waals surface area contributed by atoms with Gasteiger partial charge in [0.25, 0.3) is 0 Å². The Morgan fingerprint density at radius 1 is 1.29 bits per heavy atom. The Kier molecular flexibility index (Phi) is 4.36. The number of likely N-dealkylation sites (N-methyl/N-ethyl adjacent to an activating group) is 1. The fraction of sp³-hybridized carbons (Fsp3) is 0.471. The van der Waals surface area contributed by atoms with E-state index in [0.717, 1.165) is 13.1 Å². The van der Waals surface area contributed by atoms with E-state index < -0.39 is 0 Å². The molecule has 1 N–H and O–H groups in total. The fourth-order valence-corrected chi connectivity index (χ4v) is 2.76. The molecule has 3 rings (SSSR count). The number of aromatic nitrogens is 2. The average molecular weight is 284 g/mol. The third-order valence-electron chi connectivity index (χ3n) is 4.14. The van der Waals surface area contributed by atoms with Gasteiger partial charge in [-0.1, -0.05) is 30.3 Å². The molecule has 4 heteroatoms. The lowest BCUT2D eigenvalue weighted by Gasteiger charge is -2.25. The number of hydrogen-bond acceptors (Lipinski definition) is 3. The van der Waals surface area contributed by atoms with Crippen LogP contribution in [0.5, 0.6) is 0 Å². The van der Waals surface area contributed by atoms with Crippen LogP contribution in [-0.4, -0.2) is 35.1 Å². The summed E-state index contributed by atoms with van der Waals surface area (Å²) >= 11 is 0. The summed E-state index contributed by atoms with van der Waals surface area (Å²) in [6.07, 6.45) is 6.55. The zero-order chi connectivity index (χ0) is 14.7. The van der Waals surface area contributed by atoms with E-state index >= 15 is 0 Å². The normalized spacial score (nSPS) is 16.3. The number of rotatable bonds is 7. The van der Waals surface area contributed by atoms with Crippen molar-refractivity contribution in [2.45, 2.75) is 31.5 Å².